The Hall–Kier alpha value is -0.610. The summed E-state index contributed by atoms with van der Waals surface area (Å²) >= 11 is 0. The Morgan fingerprint density at radius 1 is 1.44 bits per heavy atom. The molecule has 4 nitrogen and oxygen atoms in total. The smallest absolute Gasteiger partial charge is 0.221 e. The fourth-order valence-corrected chi connectivity index (χ4v) is 3.26. The van der Waals surface area contributed by atoms with E-state index in [-0.39, 0.29) is 11.4 Å². The van der Waals surface area contributed by atoms with Gasteiger partial charge in [0.15, 0.2) is 0 Å². The lowest BCUT2D eigenvalue weighted by molar-refractivity contribution is -0.122. The zero-order chi connectivity index (χ0) is 13.0. The van der Waals surface area contributed by atoms with Crippen molar-refractivity contribution in [3.63, 3.8) is 0 Å². The predicted molar refractivity (Wildman–Crippen MR) is 73.2 cm³/mol. The zero-order valence-corrected chi connectivity index (χ0v) is 11.6. The zero-order valence-electron chi connectivity index (χ0n) is 11.6. The van der Waals surface area contributed by atoms with Crippen molar-refractivity contribution in [2.45, 2.75) is 51.0 Å². The number of nitrogens with two attached hydrogens (primary N) is 1. The van der Waals surface area contributed by atoms with Gasteiger partial charge in [-0.1, -0.05) is 19.8 Å². The molecule has 1 aliphatic heterocycles. The van der Waals surface area contributed by atoms with E-state index in [1.54, 1.807) is 0 Å². The van der Waals surface area contributed by atoms with Crippen LogP contribution in [0.2, 0.25) is 0 Å². The molecule has 104 valence electrons. The topological polar surface area (TPSA) is 58.4 Å². The van der Waals surface area contributed by atoms with Gasteiger partial charge in [0, 0.05) is 25.0 Å². The molecule has 4 heteroatoms. The minimum atomic E-state index is -0.213. The highest BCUT2D eigenvalue weighted by atomic mass is 16.1. The molecule has 1 heterocycles. The van der Waals surface area contributed by atoms with Crippen molar-refractivity contribution in [3.8, 4) is 0 Å². The summed E-state index contributed by atoms with van der Waals surface area (Å²) in [6, 6.07) is 0. The number of nitrogens with one attached hydrogen (secondary N) is 1. The third-order valence-electron chi connectivity index (χ3n) is 4.52. The number of carbonyl (C=O) groups excluding carboxylic acids is 1. The summed E-state index contributed by atoms with van der Waals surface area (Å²) in [4.78, 5) is 14.3. The van der Waals surface area contributed by atoms with Gasteiger partial charge in [0.2, 0.25) is 5.91 Å². The molecule has 18 heavy (non-hydrogen) atoms. The SMILES string of the molecule is CCN1CCC(CNC(=O)CC2(N)CCCC2)C1. The van der Waals surface area contributed by atoms with Crippen LogP contribution in [-0.4, -0.2) is 42.5 Å². The first-order valence-corrected chi connectivity index (χ1v) is 7.39. The van der Waals surface area contributed by atoms with E-state index in [9.17, 15) is 4.79 Å². The lowest BCUT2D eigenvalue weighted by Crippen LogP contribution is -2.43. The number of amides is 1. The largest absolute Gasteiger partial charge is 0.356 e. The van der Waals surface area contributed by atoms with E-state index in [2.05, 4.69) is 17.1 Å². The van der Waals surface area contributed by atoms with Gasteiger partial charge in [-0.25, -0.2) is 0 Å². The summed E-state index contributed by atoms with van der Waals surface area (Å²) in [6.07, 6.45) is 6.09. The first-order valence-electron chi connectivity index (χ1n) is 7.39. The minimum Gasteiger partial charge on any atom is -0.356 e. The Bertz CT molecular complexity index is 287. The Kier molecular flexibility index (Phi) is 4.62. The highest BCUT2D eigenvalue weighted by Crippen LogP contribution is 2.29. The molecule has 0 aromatic rings. The normalized spacial score (nSPS) is 27.6. The third-order valence-corrected chi connectivity index (χ3v) is 4.52. The molecule has 1 saturated carbocycles. The Balaban J connectivity index is 1.66. The van der Waals surface area contributed by atoms with Crippen molar-refractivity contribution < 1.29 is 4.79 Å². The molecule has 0 radical (unpaired) electrons. The van der Waals surface area contributed by atoms with Crippen molar-refractivity contribution in [2.24, 2.45) is 11.7 Å². The molecule has 1 aliphatic carbocycles. The van der Waals surface area contributed by atoms with E-state index in [1.807, 2.05) is 0 Å². The van der Waals surface area contributed by atoms with Gasteiger partial charge in [-0.3, -0.25) is 4.79 Å². The van der Waals surface area contributed by atoms with Crippen molar-refractivity contribution in [1.29, 1.82) is 0 Å². The molecule has 0 bridgehead atoms. The Morgan fingerprint density at radius 3 is 2.78 bits per heavy atom. The number of carbonyl (C=O) groups is 1. The van der Waals surface area contributed by atoms with Crippen LogP contribution in [0, 0.1) is 5.92 Å². The highest BCUT2D eigenvalue weighted by Gasteiger charge is 2.32. The summed E-state index contributed by atoms with van der Waals surface area (Å²) in [5.41, 5.74) is 6.01. The van der Waals surface area contributed by atoms with Gasteiger partial charge in [-0.2, -0.15) is 0 Å². The van der Waals surface area contributed by atoms with Gasteiger partial charge in [0.1, 0.15) is 0 Å². The molecular formula is C14H27N3O. The van der Waals surface area contributed by atoms with Crippen molar-refractivity contribution in [2.75, 3.05) is 26.2 Å². The van der Waals surface area contributed by atoms with E-state index in [0.29, 0.717) is 12.3 Å². The molecule has 0 aromatic heterocycles. The van der Waals surface area contributed by atoms with Crippen LogP contribution in [-0.2, 0) is 4.79 Å². The molecule has 2 rings (SSSR count). The van der Waals surface area contributed by atoms with Gasteiger partial charge in [0.05, 0.1) is 0 Å². The summed E-state index contributed by atoms with van der Waals surface area (Å²) in [5.74, 6) is 0.778. The fourth-order valence-electron chi connectivity index (χ4n) is 3.26. The number of rotatable bonds is 5. The fraction of sp³-hybridized carbons (Fsp3) is 0.929. The Morgan fingerprint density at radius 2 is 2.17 bits per heavy atom. The standard InChI is InChI=1S/C14H27N3O/c1-2-17-8-5-12(11-17)10-16-13(18)9-14(15)6-3-4-7-14/h12H,2-11,15H2,1H3,(H,16,18). The van der Waals surface area contributed by atoms with Gasteiger partial charge < -0.3 is 16.0 Å². The van der Waals surface area contributed by atoms with Crippen LogP contribution in [0.5, 0.6) is 0 Å². The van der Waals surface area contributed by atoms with E-state index < -0.39 is 0 Å². The summed E-state index contributed by atoms with van der Waals surface area (Å²) in [5, 5.41) is 3.08. The van der Waals surface area contributed by atoms with Crippen LogP contribution in [0.4, 0.5) is 0 Å². The molecule has 1 atom stereocenters. The van der Waals surface area contributed by atoms with Crippen LogP contribution in [0.1, 0.15) is 45.4 Å². The molecule has 2 aliphatic rings. The first-order chi connectivity index (χ1) is 8.61. The average molecular weight is 253 g/mol. The number of nitrogens with zero attached hydrogens (tertiary/aromatic N) is 1. The molecule has 1 amide bonds. The molecule has 0 spiro atoms. The highest BCUT2D eigenvalue weighted by molar-refractivity contribution is 5.77. The number of hydrogen-bond acceptors (Lipinski definition) is 3. The maximum Gasteiger partial charge on any atom is 0.221 e. The molecule has 0 aromatic carbocycles. The summed E-state index contributed by atoms with van der Waals surface area (Å²) in [7, 11) is 0. The summed E-state index contributed by atoms with van der Waals surface area (Å²) in [6.45, 7) is 6.45. The second-order valence-corrected chi connectivity index (χ2v) is 6.10. The molecule has 1 unspecified atom stereocenters. The van der Waals surface area contributed by atoms with Crippen LogP contribution < -0.4 is 11.1 Å². The van der Waals surface area contributed by atoms with Crippen molar-refractivity contribution in [1.82, 2.24) is 10.2 Å². The van der Waals surface area contributed by atoms with Crippen molar-refractivity contribution >= 4 is 5.91 Å². The van der Waals surface area contributed by atoms with E-state index in [1.165, 1.54) is 25.8 Å². The lowest BCUT2D eigenvalue weighted by atomic mass is 9.94. The minimum absolute atomic E-state index is 0.148. The van der Waals surface area contributed by atoms with Gasteiger partial charge >= 0.3 is 0 Å². The Labute approximate surface area is 110 Å². The van der Waals surface area contributed by atoms with E-state index in [4.69, 9.17) is 5.73 Å². The second kappa shape index (κ2) is 6.02. The molecule has 3 N–H and O–H groups in total. The average Bonchev–Trinajstić information content (AvgIpc) is 2.95. The quantitative estimate of drug-likeness (QED) is 0.771. The summed E-state index contributed by atoms with van der Waals surface area (Å²) < 4.78 is 0. The predicted octanol–water partition coefficient (Wildman–Crippen LogP) is 1.11. The maximum absolute atomic E-state index is 11.9. The van der Waals surface area contributed by atoms with Gasteiger partial charge in [-0.05, 0) is 38.3 Å². The number of likely N-dealkylation sites (tertiary alicyclic amines) is 1. The van der Waals surface area contributed by atoms with Crippen LogP contribution in [0.25, 0.3) is 0 Å². The van der Waals surface area contributed by atoms with Crippen molar-refractivity contribution in [3.05, 3.63) is 0 Å². The lowest BCUT2D eigenvalue weighted by Gasteiger charge is -2.23. The van der Waals surface area contributed by atoms with Crippen LogP contribution >= 0.6 is 0 Å². The van der Waals surface area contributed by atoms with E-state index >= 15 is 0 Å². The van der Waals surface area contributed by atoms with Gasteiger partial charge in [0.25, 0.3) is 0 Å². The number of hydrogen-bond donors (Lipinski definition) is 2. The van der Waals surface area contributed by atoms with Crippen LogP contribution in [0.3, 0.4) is 0 Å². The first kappa shape index (κ1) is 13.8. The monoisotopic (exact) mass is 253 g/mol. The van der Waals surface area contributed by atoms with E-state index in [0.717, 1.165) is 32.5 Å². The van der Waals surface area contributed by atoms with Crippen LogP contribution in [0.15, 0.2) is 0 Å². The molecule has 1 saturated heterocycles. The maximum atomic E-state index is 11.9. The third kappa shape index (κ3) is 3.69. The molecular weight excluding hydrogens is 226 g/mol. The molecule has 2 fully saturated rings. The second-order valence-electron chi connectivity index (χ2n) is 6.10. The van der Waals surface area contributed by atoms with Gasteiger partial charge in [-0.15, -0.1) is 0 Å².